The molecule has 0 spiro atoms. The van der Waals surface area contributed by atoms with Gasteiger partial charge in [0.2, 0.25) is 0 Å². The maximum Gasteiger partial charge on any atom is 0.251 e. The third-order valence-corrected chi connectivity index (χ3v) is 3.88. The van der Waals surface area contributed by atoms with Gasteiger partial charge in [-0.3, -0.25) is 4.79 Å². The Kier molecular flexibility index (Phi) is 4.62. The largest absolute Gasteiger partial charge is 0.385 e. The number of hydrogen-bond acceptors (Lipinski definition) is 4. The van der Waals surface area contributed by atoms with Crippen molar-refractivity contribution in [2.24, 2.45) is 0 Å². The zero-order valence-corrected chi connectivity index (χ0v) is 12.4. The molecular weight excluding hydrogens is 280 g/mol. The van der Waals surface area contributed by atoms with Crippen LogP contribution < -0.4 is 5.32 Å². The van der Waals surface area contributed by atoms with E-state index in [9.17, 15) is 9.90 Å². The van der Waals surface area contributed by atoms with Crippen LogP contribution in [0.3, 0.4) is 0 Å². The van der Waals surface area contributed by atoms with Crippen molar-refractivity contribution in [3.05, 3.63) is 28.5 Å². The second-order valence-electron chi connectivity index (χ2n) is 5.07. The minimum atomic E-state index is -1.000. The van der Waals surface area contributed by atoms with Crippen molar-refractivity contribution in [1.29, 1.82) is 0 Å². The predicted octanol–water partition coefficient (Wildman–Crippen LogP) is 1.57. The van der Waals surface area contributed by atoms with Gasteiger partial charge in [-0.1, -0.05) is 18.5 Å². The fourth-order valence-electron chi connectivity index (χ4n) is 2.20. The molecule has 1 aliphatic rings. The minimum Gasteiger partial charge on any atom is -0.385 e. The summed E-state index contributed by atoms with van der Waals surface area (Å²) in [5.41, 5.74) is 0.219. The van der Waals surface area contributed by atoms with Gasteiger partial charge in [0, 0.05) is 30.8 Å². The molecule has 0 radical (unpaired) electrons. The van der Waals surface area contributed by atoms with Gasteiger partial charge in [0.15, 0.2) is 0 Å². The van der Waals surface area contributed by atoms with E-state index in [2.05, 4.69) is 10.3 Å². The van der Waals surface area contributed by atoms with Crippen LogP contribution in [0.4, 0.5) is 0 Å². The lowest BCUT2D eigenvalue weighted by Gasteiger charge is -2.26. The molecule has 0 bridgehead atoms. The number of amides is 1. The van der Waals surface area contributed by atoms with E-state index in [0.29, 0.717) is 30.2 Å². The fraction of sp³-hybridized carbons (Fsp3) is 0.571. The summed E-state index contributed by atoms with van der Waals surface area (Å²) in [6.45, 7) is 4.42. The standard InChI is InChI=1S/C14H19ClN2O3/c1-3-11-6-10(7-12(15)17-11)13(18)16-8-14(19)4-5-20-9(14)2/h6-7,9,19H,3-5,8H2,1-2H3,(H,16,18). The number of halogens is 1. The van der Waals surface area contributed by atoms with Crippen LogP contribution >= 0.6 is 11.6 Å². The highest BCUT2D eigenvalue weighted by Crippen LogP contribution is 2.24. The first-order valence-electron chi connectivity index (χ1n) is 6.73. The Balaban J connectivity index is 2.03. The van der Waals surface area contributed by atoms with Gasteiger partial charge in [0.25, 0.3) is 5.91 Å². The molecule has 1 amide bonds. The number of aliphatic hydroxyl groups is 1. The van der Waals surface area contributed by atoms with E-state index in [1.54, 1.807) is 13.0 Å². The van der Waals surface area contributed by atoms with E-state index in [-0.39, 0.29) is 18.6 Å². The number of pyridine rings is 1. The third-order valence-electron chi connectivity index (χ3n) is 3.69. The topological polar surface area (TPSA) is 71.5 Å². The molecule has 5 nitrogen and oxygen atoms in total. The maximum absolute atomic E-state index is 12.1. The SMILES string of the molecule is CCc1cc(C(=O)NCC2(O)CCOC2C)cc(Cl)n1. The summed E-state index contributed by atoms with van der Waals surface area (Å²) in [6, 6.07) is 3.23. The summed E-state index contributed by atoms with van der Waals surface area (Å²) in [6.07, 6.45) is 0.941. The Bertz CT molecular complexity index is 509. The summed E-state index contributed by atoms with van der Waals surface area (Å²) in [4.78, 5) is 16.2. The zero-order chi connectivity index (χ0) is 14.8. The predicted molar refractivity (Wildman–Crippen MR) is 75.9 cm³/mol. The van der Waals surface area contributed by atoms with E-state index in [1.165, 1.54) is 6.07 Å². The van der Waals surface area contributed by atoms with Crippen molar-refractivity contribution in [1.82, 2.24) is 10.3 Å². The lowest BCUT2D eigenvalue weighted by molar-refractivity contribution is -0.0251. The first-order valence-corrected chi connectivity index (χ1v) is 7.11. The molecule has 1 aromatic heterocycles. The number of ether oxygens (including phenoxy) is 1. The first-order chi connectivity index (χ1) is 9.44. The van der Waals surface area contributed by atoms with Gasteiger partial charge in [0.1, 0.15) is 10.8 Å². The molecule has 2 heterocycles. The Morgan fingerprint density at radius 2 is 2.40 bits per heavy atom. The number of rotatable bonds is 4. The molecule has 0 aromatic carbocycles. The molecule has 110 valence electrons. The van der Waals surface area contributed by atoms with Gasteiger partial charge < -0.3 is 15.2 Å². The van der Waals surface area contributed by atoms with Crippen LogP contribution in [-0.2, 0) is 11.2 Å². The highest BCUT2D eigenvalue weighted by molar-refractivity contribution is 6.29. The number of hydrogen-bond donors (Lipinski definition) is 2. The molecule has 2 atom stereocenters. The Hall–Kier alpha value is -1.17. The van der Waals surface area contributed by atoms with Crippen molar-refractivity contribution < 1.29 is 14.6 Å². The van der Waals surface area contributed by atoms with Crippen molar-refractivity contribution >= 4 is 17.5 Å². The molecular formula is C14H19ClN2O3. The van der Waals surface area contributed by atoms with Crippen LogP contribution in [0.15, 0.2) is 12.1 Å². The van der Waals surface area contributed by atoms with E-state index in [1.807, 2.05) is 6.92 Å². The smallest absolute Gasteiger partial charge is 0.251 e. The number of carbonyl (C=O) groups excluding carboxylic acids is 1. The Morgan fingerprint density at radius 1 is 1.65 bits per heavy atom. The van der Waals surface area contributed by atoms with Crippen LogP contribution in [0.25, 0.3) is 0 Å². The van der Waals surface area contributed by atoms with Crippen LogP contribution in [0.2, 0.25) is 5.15 Å². The van der Waals surface area contributed by atoms with Gasteiger partial charge >= 0.3 is 0 Å². The average Bonchev–Trinajstić information content (AvgIpc) is 2.75. The second kappa shape index (κ2) is 6.08. The van der Waals surface area contributed by atoms with E-state index < -0.39 is 5.60 Å². The number of nitrogens with one attached hydrogen (secondary N) is 1. The third kappa shape index (κ3) is 3.29. The molecule has 6 heteroatoms. The minimum absolute atomic E-state index is 0.161. The van der Waals surface area contributed by atoms with Crippen LogP contribution in [0.5, 0.6) is 0 Å². The normalized spacial score (nSPS) is 25.7. The average molecular weight is 299 g/mol. The highest BCUT2D eigenvalue weighted by atomic mass is 35.5. The lowest BCUT2D eigenvalue weighted by Crippen LogP contribution is -2.47. The zero-order valence-electron chi connectivity index (χ0n) is 11.6. The van der Waals surface area contributed by atoms with Gasteiger partial charge in [-0.2, -0.15) is 0 Å². The fourth-order valence-corrected chi connectivity index (χ4v) is 2.43. The van der Waals surface area contributed by atoms with Gasteiger partial charge in [0.05, 0.1) is 6.10 Å². The summed E-state index contributed by atoms with van der Waals surface area (Å²) < 4.78 is 5.33. The van der Waals surface area contributed by atoms with Crippen LogP contribution in [0.1, 0.15) is 36.3 Å². The first kappa shape index (κ1) is 15.2. The van der Waals surface area contributed by atoms with Crippen molar-refractivity contribution in [3.63, 3.8) is 0 Å². The summed E-state index contributed by atoms with van der Waals surface area (Å²) in [7, 11) is 0. The summed E-state index contributed by atoms with van der Waals surface area (Å²) >= 11 is 5.89. The van der Waals surface area contributed by atoms with E-state index >= 15 is 0 Å². The number of aryl methyl sites for hydroxylation is 1. The van der Waals surface area contributed by atoms with Crippen molar-refractivity contribution in [2.45, 2.75) is 38.4 Å². The molecule has 0 saturated carbocycles. The molecule has 1 saturated heterocycles. The van der Waals surface area contributed by atoms with E-state index in [4.69, 9.17) is 16.3 Å². The number of nitrogens with zero attached hydrogens (tertiary/aromatic N) is 1. The lowest BCUT2D eigenvalue weighted by atomic mass is 9.96. The second-order valence-corrected chi connectivity index (χ2v) is 5.46. The number of carbonyl (C=O) groups is 1. The highest BCUT2D eigenvalue weighted by Gasteiger charge is 2.39. The van der Waals surface area contributed by atoms with Gasteiger partial charge in [-0.25, -0.2) is 4.98 Å². The molecule has 20 heavy (non-hydrogen) atoms. The summed E-state index contributed by atoms with van der Waals surface area (Å²) in [5, 5.41) is 13.4. The van der Waals surface area contributed by atoms with Crippen molar-refractivity contribution in [3.8, 4) is 0 Å². The number of aromatic nitrogens is 1. The van der Waals surface area contributed by atoms with Crippen molar-refractivity contribution in [2.75, 3.05) is 13.2 Å². The van der Waals surface area contributed by atoms with Crippen LogP contribution in [0, 0.1) is 0 Å². The molecule has 1 aliphatic heterocycles. The summed E-state index contributed by atoms with van der Waals surface area (Å²) in [5.74, 6) is -0.267. The van der Waals surface area contributed by atoms with E-state index in [0.717, 1.165) is 5.69 Å². The Morgan fingerprint density at radius 3 is 3.00 bits per heavy atom. The molecule has 2 rings (SSSR count). The van der Waals surface area contributed by atoms with Gasteiger partial charge in [-0.05, 0) is 25.5 Å². The molecule has 2 unspecified atom stereocenters. The van der Waals surface area contributed by atoms with Gasteiger partial charge in [-0.15, -0.1) is 0 Å². The maximum atomic E-state index is 12.1. The molecule has 2 N–H and O–H groups in total. The molecule has 0 aliphatic carbocycles. The Labute approximate surface area is 123 Å². The van der Waals surface area contributed by atoms with Crippen LogP contribution in [-0.4, -0.2) is 40.9 Å². The monoisotopic (exact) mass is 298 g/mol. The molecule has 1 fully saturated rings. The molecule has 1 aromatic rings. The quantitative estimate of drug-likeness (QED) is 0.828.